The van der Waals surface area contributed by atoms with Crippen LogP contribution in [0.25, 0.3) is 0 Å². The Morgan fingerprint density at radius 2 is 1.61 bits per heavy atom. The molecule has 1 saturated heterocycles. The maximum atomic E-state index is 13.5. The van der Waals surface area contributed by atoms with E-state index in [0.29, 0.717) is 60.9 Å². The van der Waals surface area contributed by atoms with Crippen molar-refractivity contribution in [2.24, 2.45) is 0 Å². The van der Waals surface area contributed by atoms with Gasteiger partial charge in [0, 0.05) is 18.1 Å². The molecule has 1 aromatic heterocycles. The number of carbonyl (C=O) groups excluding carboxylic acids is 1. The number of methoxy groups -OCH3 is 3. The number of hydrogen-bond donors (Lipinski definition) is 1. The Balaban J connectivity index is 1.64. The minimum absolute atomic E-state index is 0.0709. The van der Waals surface area contributed by atoms with Crippen molar-refractivity contribution in [1.29, 1.82) is 0 Å². The molecule has 4 rings (SSSR count). The molecule has 0 bridgehead atoms. The fourth-order valence-corrected chi connectivity index (χ4v) is 7.16. The SMILES string of the molecule is CCCOc1c(OCCCSc2ncc[nH]2)cc([C@H]2CC[C@H](c3cc(OC)c(OC)c(OC)c3)O2)cc1S(=O)(=O)CC(C)=O. The molecule has 2 aromatic carbocycles. The van der Waals surface area contributed by atoms with Crippen molar-refractivity contribution in [2.45, 2.75) is 61.8 Å². The summed E-state index contributed by atoms with van der Waals surface area (Å²) in [7, 11) is 0.637. The Bertz CT molecular complexity index is 1490. The number of hydrogen-bond acceptors (Lipinski definition) is 11. The largest absolute Gasteiger partial charge is 0.493 e. The molecule has 0 spiro atoms. The summed E-state index contributed by atoms with van der Waals surface area (Å²) >= 11 is 1.57. The maximum absolute atomic E-state index is 13.5. The van der Waals surface area contributed by atoms with Crippen LogP contribution in [-0.2, 0) is 19.4 Å². The van der Waals surface area contributed by atoms with Crippen molar-refractivity contribution in [3.63, 3.8) is 0 Å². The highest BCUT2D eigenvalue weighted by atomic mass is 32.2. The van der Waals surface area contributed by atoms with Gasteiger partial charge in [-0.05, 0) is 68.0 Å². The molecule has 44 heavy (non-hydrogen) atoms. The molecule has 0 aliphatic carbocycles. The highest BCUT2D eigenvalue weighted by molar-refractivity contribution is 7.99. The zero-order valence-corrected chi connectivity index (χ0v) is 27.3. The van der Waals surface area contributed by atoms with Gasteiger partial charge in [-0.2, -0.15) is 0 Å². The molecule has 3 aromatic rings. The Kier molecular flexibility index (Phi) is 11.8. The van der Waals surface area contributed by atoms with E-state index in [1.54, 1.807) is 57.6 Å². The third-order valence-electron chi connectivity index (χ3n) is 6.93. The van der Waals surface area contributed by atoms with Gasteiger partial charge in [-0.25, -0.2) is 13.4 Å². The molecule has 240 valence electrons. The third kappa shape index (κ3) is 8.19. The van der Waals surface area contributed by atoms with E-state index in [1.807, 2.05) is 19.1 Å². The number of thioether (sulfide) groups is 1. The van der Waals surface area contributed by atoms with Crippen LogP contribution in [0.5, 0.6) is 28.7 Å². The maximum Gasteiger partial charge on any atom is 0.203 e. The first-order chi connectivity index (χ1) is 21.2. The van der Waals surface area contributed by atoms with Crippen LogP contribution in [0.1, 0.15) is 62.9 Å². The first-order valence-corrected chi connectivity index (χ1v) is 17.1. The highest BCUT2D eigenvalue weighted by Crippen LogP contribution is 2.48. The lowest BCUT2D eigenvalue weighted by atomic mass is 10.0. The predicted octanol–water partition coefficient (Wildman–Crippen LogP) is 5.74. The van der Waals surface area contributed by atoms with E-state index in [2.05, 4.69) is 9.97 Å². The summed E-state index contributed by atoms with van der Waals surface area (Å²) in [5, 5.41) is 0.816. The Morgan fingerprint density at radius 3 is 2.18 bits per heavy atom. The molecule has 13 heteroatoms. The minimum Gasteiger partial charge on any atom is -0.493 e. The lowest BCUT2D eigenvalue weighted by Crippen LogP contribution is -2.16. The average molecular weight is 649 g/mol. The number of carbonyl (C=O) groups is 1. The van der Waals surface area contributed by atoms with Gasteiger partial charge in [-0.3, -0.25) is 4.79 Å². The third-order valence-corrected chi connectivity index (χ3v) is 9.68. The second kappa shape index (κ2) is 15.5. The fraction of sp³-hybridized carbons (Fsp3) is 0.484. The van der Waals surface area contributed by atoms with Crippen LogP contribution >= 0.6 is 11.8 Å². The molecule has 1 fully saturated rings. The molecule has 1 aliphatic heterocycles. The number of H-pyrrole nitrogens is 1. The number of ether oxygens (including phenoxy) is 6. The number of aromatic nitrogens is 2. The van der Waals surface area contributed by atoms with Crippen LogP contribution in [0.15, 0.2) is 46.7 Å². The van der Waals surface area contributed by atoms with Crippen molar-refractivity contribution < 1.29 is 41.6 Å². The second-order valence-electron chi connectivity index (χ2n) is 10.3. The van der Waals surface area contributed by atoms with Gasteiger partial charge in [0.2, 0.25) is 5.75 Å². The van der Waals surface area contributed by atoms with Gasteiger partial charge in [0.05, 0.1) is 46.8 Å². The number of aromatic amines is 1. The van der Waals surface area contributed by atoms with Crippen molar-refractivity contribution in [3.05, 3.63) is 47.8 Å². The zero-order chi connectivity index (χ0) is 31.7. The average Bonchev–Trinajstić information content (AvgIpc) is 3.71. The lowest BCUT2D eigenvalue weighted by Gasteiger charge is -2.21. The van der Waals surface area contributed by atoms with Crippen molar-refractivity contribution in [2.75, 3.05) is 46.0 Å². The molecule has 2 heterocycles. The van der Waals surface area contributed by atoms with Crippen molar-refractivity contribution in [3.8, 4) is 28.7 Å². The van der Waals surface area contributed by atoms with Crippen LogP contribution in [0.2, 0.25) is 0 Å². The van der Waals surface area contributed by atoms with Gasteiger partial charge in [0.1, 0.15) is 16.4 Å². The molecule has 1 aliphatic rings. The summed E-state index contributed by atoms with van der Waals surface area (Å²) in [6, 6.07) is 7.06. The summed E-state index contributed by atoms with van der Waals surface area (Å²) in [6.07, 6.45) is 5.38. The Hall–Kier alpha value is -3.42. The van der Waals surface area contributed by atoms with Gasteiger partial charge >= 0.3 is 0 Å². The van der Waals surface area contributed by atoms with Gasteiger partial charge in [0.15, 0.2) is 38.0 Å². The number of rotatable bonds is 17. The van der Waals surface area contributed by atoms with Crippen LogP contribution in [-0.4, -0.2) is 70.2 Å². The number of benzene rings is 2. The van der Waals surface area contributed by atoms with E-state index in [4.69, 9.17) is 28.4 Å². The van der Waals surface area contributed by atoms with Crippen molar-refractivity contribution in [1.82, 2.24) is 9.97 Å². The Labute approximate surface area is 262 Å². The molecule has 0 radical (unpaired) electrons. The zero-order valence-electron chi connectivity index (χ0n) is 25.7. The molecular weight excluding hydrogens is 608 g/mol. The first kappa shape index (κ1) is 33.5. The van der Waals surface area contributed by atoms with Crippen LogP contribution in [0.4, 0.5) is 0 Å². The van der Waals surface area contributed by atoms with Crippen LogP contribution in [0, 0.1) is 0 Å². The van der Waals surface area contributed by atoms with E-state index in [9.17, 15) is 13.2 Å². The second-order valence-corrected chi connectivity index (χ2v) is 13.3. The molecule has 0 saturated carbocycles. The van der Waals surface area contributed by atoms with Crippen molar-refractivity contribution >= 4 is 27.4 Å². The number of ketones is 1. The smallest absolute Gasteiger partial charge is 0.203 e. The van der Waals surface area contributed by atoms with Gasteiger partial charge in [-0.1, -0.05) is 18.7 Å². The van der Waals surface area contributed by atoms with E-state index in [1.165, 1.54) is 6.92 Å². The molecular formula is C31H40N2O9S2. The molecule has 2 atom stereocenters. The van der Waals surface area contributed by atoms with E-state index >= 15 is 0 Å². The van der Waals surface area contributed by atoms with E-state index < -0.39 is 27.5 Å². The summed E-state index contributed by atoms with van der Waals surface area (Å²) in [5.74, 6) is 1.59. The van der Waals surface area contributed by atoms with Crippen LogP contribution in [0.3, 0.4) is 0 Å². The fourth-order valence-electron chi connectivity index (χ4n) is 4.97. The summed E-state index contributed by atoms with van der Waals surface area (Å²) in [5.41, 5.74) is 1.48. The number of nitrogens with zero attached hydrogens (tertiary/aromatic N) is 1. The van der Waals surface area contributed by atoms with E-state index in [-0.39, 0.29) is 23.4 Å². The highest BCUT2D eigenvalue weighted by Gasteiger charge is 2.33. The van der Waals surface area contributed by atoms with Crippen LogP contribution < -0.4 is 23.7 Å². The molecule has 1 N–H and O–H groups in total. The number of nitrogens with one attached hydrogen (secondary N) is 1. The van der Waals surface area contributed by atoms with Gasteiger partial charge in [0.25, 0.3) is 0 Å². The number of imidazole rings is 1. The monoisotopic (exact) mass is 648 g/mol. The minimum atomic E-state index is -4.02. The van der Waals surface area contributed by atoms with Gasteiger partial charge in [-0.15, -0.1) is 0 Å². The number of sulfone groups is 1. The topological polar surface area (TPSA) is 135 Å². The normalized spacial score (nSPS) is 16.5. The Morgan fingerprint density at radius 1 is 0.955 bits per heavy atom. The van der Waals surface area contributed by atoms with Gasteiger partial charge < -0.3 is 33.4 Å². The lowest BCUT2D eigenvalue weighted by molar-refractivity contribution is -0.114. The first-order valence-electron chi connectivity index (χ1n) is 14.4. The molecule has 0 amide bonds. The quantitative estimate of drug-likeness (QED) is 0.142. The predicted molar refractivity (Wildman–Crippen MR) is 166 cm³/mol. The van der Waals surface area contributed by atoms with E-state index in [0.717, 1.165) is 16.5 Å². The number of Topliss-reactive ketones (excluding diaryl/α,β-unsaturated/α-hetero) is 1. The molecule has 0 unspecified atom stereocenters. The summed E-state index contributed by atoms with van der Waals surface area (Å²) in [4.78, 5) is 19.2. The molecule has 11 nitrogen and oxygen atoms in total. The standard InChI is InChI=1S/C31H40N2O9S2/c1-6-12-41-30-27(40-13-7-14-43-31-32-10-11-33-31)17-22(18-28(30)44(35,36)19-20(2)34)24-9-8-23(42-24)21-15-25(37-3)29(39-5)26(16-21)38-4/h10-11,15-18,23-24H,6-9,12-14,19H2,1-5H3,(H,32,33)/t23-,24-/m1/s1. The summed E-state index contributed by atoms with van der Waals surface area (Å²) < 4.78 is 62.1. The summed E-state index contributed by atoms with van der Waals surface area (Å²) in [6.45, 7) is 3.80.